The van der Waals surface area contributed by atoms with Gasteiger partial charge in [-0.05, 0) is 70.3 Å². The second-order valence-electron chi connectivity index (χ2n) is 8.23. The summed E-state index contributed by atoms with van der Waals surface area (Å²) >= 11 is 1.52. The van der Waals surface area contributed by atoms with Gasteiger partial charge in [-0.3, -0.25) is 9.69 Å². The number of rotatable bonds is 8. The third-order valence-electron chi connectivity index (χ3n) is 5.06. The van der Waals surface area contributed by atoms with Crippen LogP contribution in [0.5, 0.6) is 0 Å². The second-order valence-corrected chi connectivity index (χ2v) is 11.7. The van der Waals surface area contributed by atoms with E-state index in [0.717, 1.165) is 21.3 Å². The van der Waals surface area contributed by atoms with Gasteiger partial charge < -0.3 is 4.90 Å². The molecule has 0 spiro atoms. The summed E-state index contributed by atoms with van der Waals surface area (Å²) in [7, 11) is 0.614. The van der Waals surface area contributed by atoms with Crippen LogP contribution in [-0.4, -0.2) is 56.6 Å². The van der Waals surface area contributed by atoms with Crippen LogP contribution in [0.25, 0.3) is 10.2 Å². The predicted octanol–water partition coefficient (Wildman–Crippen LogP) is 4.35. The van der Waals surface area contributed by atoms with Crippen LogP contribution in [0.2, 0.25) is 0 Å². The molecule has 0 saturated carbocycles. The molecule has 0 radical (unpaired) electrons. The van der Waals surface area contributed by atoms with E-state index in [0.29, 0.717) is 18.2 Å². The van der Waals surface area contributed by atoms with Crippen LogP contribution < -0.4 is 4.90 Å². The van der Waals surface area contributed by atoms with E-state index in [1.807, 2.05) is 38.1 Å². The number of benzene rings is 2. The highest BCUT2D eigenvalue weighted by molar-refractivity contribution is 7.92. The first kappa shape index (κ1) is 26.3. The van der Waals surface area contributed by atoms with Gasteiger partial charge in [0.05, 0.1) is 26.8 Å². The third-order valence-corrected chi connectivity index (χ3v) is 8.27. The minimum absolute atomic E-state index is 0. The van der Waals surface area contributed by atoms with Crippen molar-refractivity contribution in [2.45, 2.75) is 37.3 Å². The molecule has 1 heterocycles. The van der Waals surface area contributed by atoms with Crippen LogP contribution >= 0.6 is 23.7 Å². The van der Waals surface area contributed by atoms with Crippen molar-refractivity contribution in [1.29, 1.82) is 0 Å². The Balaban J connectivity index is 0.00000363. The van der Waals surface area contributed by atoms with Gasteiger partial charge in [-0.15, -0.1) is 12.4 Å². The van der Waals surface area contributed by atoms with E-state index < -0.39 is 15.1 Å². The SMILES string of the molecule is Cc1ccc2nc(N(CCN(C)C)C(=O)Cc3ccc(S(=O)(=O)C(C)C)cc3)sc2c1.Cl. The molecule has 174 valence electrons. The lowest BCUT2D eigenvalue weighted by molar-refractivity contribution is -0.118. The quantitative estimate of drug-likeness (QED) is 0.464. The molecular formula is C23H30ClN3O3S2. The number of carbonyl (C=O) groups is 1. The lowest BCUT2D eigenvalue weighted by atomic mass is 10.1. The van der Waals surface area contributed by atoms with E-state index in [2.05, 4.69) is 11.1 Å². The van der Waals surface area contributed by atoms with Crippen LogP contribution in [0.1, 0.15) is 25.0 Å². The number of sulfone groups is 1. The monoisotopic (exact) mass is 495 g/mol. The molecule has 2 aromatic carbocycles. The van der Waals surface area contributed by atoms with Crippen molar-refractivity contribution in [3.05, 3.63) is 53.6 Å². The van der Waals surface area contributed by atoms with E-state index in [9.17, 15) is 13.2 Å². The molecule has 0 aliphatic rings. The molecule has 0 fully saturated rings. The molecule has 0 aliphatic carbocycles. The van der Waals surface area contributed by atoms with Gasteiger partial charge in [-0.1, -0.05) is 29.5 Å². The maximum absolute atomic E-state index is 13.2. The number of nitrogens with zero attached hydrogens (tertiary/aromatic N) is 3. The Morgan fingerprint density at radius 3 is 2.31 bits per heavy atom. The van der Waals surface area contributed by atoms with Crippen molar-refractivity contribution in [3.8, 4) is 0 Å². The Morgan fingerprint density at radius 1 is 1.06 bits per heavy atom. The van der Waals surface area contributed by atoms with E-state index in [-0.39, 0.29) is 29.6 Å². The van der Waals surface area contributed by atoms with Gasteiger partial charge in [0.1, 0.15) is 0 Å². The molecule has 0 N–H and O–H groups in total. The van der Waals surface area contributed by atoms with Crippen LogP contribution in [-0.2, 0) is 21.1 Å². The zero-order chi connectivity index (χ0) is 22.8. The lowest BCUT2D eigenvalue weighted by Gasteiger charge is -2.22. The molecule has 0 bridgehead atoms. The number of hydrogen-bond acceptors (Lipinski definition) is 6. The normalized spacial score (nSPS) is 11.7. The topological polar surface area (TPSA) is 70.6 Å². The van der Waals surface area contributed by atoms with Gasteiger partial charge in [0.25, 0.3) is 0 Å². The van der Waals surface area contributed by atoms with Gasteiger partial charge in [0.15, 0.2) is 15.0 Å². The number of aromatic nitrogens is 1. The van der Waals surface area contributed by atoms with Gasteiger partial charge in [0, 0.05) is 13.1 Å². The molecule has 3 aromatic rings. The lowest BCUT2D eigenvalue weighted by Crippen LogP contribution is -2.37. The van der Waals surface area contributed by atoms with Crippen LogP contribution in [0.3, 0.4) is 0 Å². The average Bonchev–Trinajstić information content (AvgIpc) is 3.10. The Morgan fingerprint density at radius 2 is 1.72 bits per heavy atom. The van der Waals surface area contributed by atoms with Gasteiger partial charge in [-0.25, -0.2) is 13.4 Å². The first-order valence-electron chi connectivity index (χ1n) is 10.2. The summed E-state index contributed by atoms with van der Waals surface area (Å²) in [5, 5.41) is 0.204. The molecule has 6 nitrogen and oxygen atoms in total. The number of amides is 1. The highest BCUT2D eigenvalue weighted by Gasteiger charge is 2.22. The van der Waals surface area contributed by atoms with Gasteiger partial charge >= 0.3 is 0 Å². The molecular weight excluding hydrogens is 466 g/mol. The summed E-state index contributed by atoms with van der Waals surface area (Å²) in [6.07, 6.45) is 0.185. The van der Waals surface area contributed by atoms with E-state index >= 15 is 0 Å². The fourth-order valence-corrected chi connectivity index (χ4v) is 5.27. The molecule has 0 unspecified atom stereocenters. The first-order chi connectivity index (χ1) is 14.6. The maximum atomic E-state index is 13.2. The number of anilines is 1. The summed E-state index contributed by atoms with van der Waals surface area (Å²) < 4.78 is 25.7. The molecule has 0 aliphatic heterocycles. The zero-order valence-corrected chi connectivity index (χ0v) is 21.5. The summed E-state index contributed by atoms with van der Waals surface area (Å²) in [4.78, 5) is 21.9. The third kappa shape index (κ3) is 6.07. The van der Waals surface area contributed by atoms with Crippen LogP contribution in [0, 0.1) is 6.92 Å². The van der Waals surface area contributed by atoms with Crippen molar-refractivity contribution in [2.24, 2.45) is 0 Å². The molecule has 9 heteroatoms. The Kier molecular flexibility index (Phi) is 8.82. The summed E-state index contributed by atoms with van der Waals surface area (Å²) in [6.45, 7) is 6.61. The van der Waals surface area contributed by atoms with E-state index in [1.165, 1.54) is 11.3 Å². The fraction of sp³-hybridized carbons (Fsp3) is 0.391. The second kappa shape index (κ2) is 10.7. The highest BCUT2D eigenvalue weighted by atomic mass is 35.5. The molecule has 0 atom stereocenters. The Labute approximate surface area is 200 Å². The Bertz CT molecular complexity index is 1170. The van der Waals surface area contributed by atoms with E-state index in [4.69, 9.17) is 0 Å². The fourth-order valence-electron chi connectivity index (χ4n) is 3.10. The van der Waals surface area contributed by atoms with Crippen molar-refractivity contribution < 1.29 is 13.2 Å². The molecule has 32 heavy (non-hydrogen) atoms. The smallest absolute Gasteiger partial charge is 0.233 e. The van der Waals surface area contributed by atoms with Gasteiger partial charge in [-0.2, -0.15) is 0 Å². The average molecular weight is 496 g/mol. The standard InChI is InChI=1S/C23H29N3O3S2.ClH/c1-16(2)31(28,29)19-9-7-18(8-10-19)15-22(27)26(13-12-25(4)5)23-24-20-11-6-17(3)14-21(20)30-23;/h6-11,14,16H,12-13,15H2,1-5H3;1H. The number of thiazole rings is 1. The number of halogens is 1. The van der Waals surface area contributed by atoms with E-state index in [1.54, 1.807) is 43.0 Å². The Hall–Kier alpha value is -2.00. The largest absolute Gasteiger partial charge is 0.308 e. The van der Waals surface area contributed by atoms with Crippen molar-refractivity contribution in [1.82, 2.24) is 9.88 Å². The molecule has 1 aromatic heterocycles. The van der Waals surface area contributed by atoms with Crippen molar-refractivity contribution in [3.63, 3.8) is 0 Å². The van der Waals surface area contributed by atoms with Crippen molar-refractivity contribution in [2.75, 3.05) is 32.1 Å². The minimum atomic E-state index is -3.33. The number of aryl methyl sites for hydroxylation is 1. The predicted molar refractivity (Wildman–Crippen MR) is 135 cm³/mol. The number of carbonyl (C=O) groups excluding carboxylic acids is 1. The maximum Gasteiger partial charge on any atom is 0.233 e. The summed E-state index contributed by atoms with van der Waals surface area (Å²) in [5.41, 5.74) is 2.82. The van der Waals surface area contributed by atoms with Crippen LogP contribution in [0.15, 0.2) is 47.4 Å². The molecule has 3 rings (SSSR count). The minimum Gasteiger partial charge on any atom is -0.308 e. The number of fused-ring (bicyclic) bond motifs is 1. The summed E-state index contributed by atoms with van der Waals surface area (Å²) in [5.74, 6) is -0.0582. The zero-order valence-electron chi connectivity index (χ0n) is 19.0. The number of hydrogen-bond donors (Lipinski definition) is 0. The highest BCUT2D eigenvalue weighted by Crippen LogP contribution is 2.30. The van der Waals surface area contributed by atoms with Gasteiger partial charge in [0.2, 0.25) is 5.91 Å². The number of likely N-dealkylation sites (N-methyl/N-ethyl adjacent to an activating group) is 1. The summed E-state index contributed by atoms with van der Waals surface area (Å²) in [6, 6.07) is 12.7. The first-order valence-corrected chi connectivity index (χ1v) is 12.6. The van der Waals surface area contributed by atoms with Crippen LogP contribution in [0.4, 0.5) is 5.13 Å². The molecule has 0 saturated heterocycles. The molecule has 1 amide bonds. The van der Waals surface area contributed by atoms with Crippen molar-refractivity contribution >= 4 is 54.8 Å².